The van der Waals surface area contributed by atoms with Gasteiger partial charge in [0.05, 0.1) is 0 Å². The monoisotopic (exact) mass is 854 g/mol. The van der Waals surface area contributed by atoms with Gasteiger partial charge in [0.25, 0.3) is 0 Å². The van der Waals surface area contributed by atoms with Gasteiger partial charge in [-0.25, -0.2) is 0 Å². The predicted octanol–water partition coefficient (Wildman–Crippen LogP) is 9.70. The summed E-state index contributed by atoms with van der Waals surface area (Å²) < 4.78 is 82.4. The molecule has 2 aliphatic heterocycles. The molecule has 2 aromatic rings. The van der Waals surface area contributed by atoms with Crippen molar-refractivity contribution in [3.63, 3.8) is 0 Å². The Morgan fingerprint density at radius 1 is 0.678 bits per heavy atom. The zero-order valence-corrected chi connectivity index (χ0v) is 37.3. The number of allylic oxidation sites excluding steroid dienone is 8. The van der Waals surface area contributed by atoms with Gasteiger partial charge in [-0.1, -0.05) is 0 Å². The molecule has 0 saturated carbocycles. The average molecular weight is 855 g/mol. The number of ether oxygens (including phenoxy) is 2. The first-order chi connectivity index (χ1) is 28.1. The summed E-state index contributed by atoms with van der Waals surface area (Å²) in [6.45, 7) is 12.9. The van der Waals surface area contributed by atoms with Gasteiger partial charge in [-0.3, -0.25) is 0 Å². The minimum atomic E-state index is -5.23. The molecule has 4 aliphatic rings. The molecule has 6 nitrogen and oxygen atoms in total. The Kier molecular flexibility index (Phi) is 14.7. The van der Waals surface area contributed by atoms with Crippen molar-refractivity contribution in [1.29, 1.82) is 0 Å². The Labute approximate surface area is 352 Å². The van der Waals surface area contributed by atoms with Crippen molar-refractivity contribution in [3.8, 4) is 0 Å². The molecule has 320 valence electrons. The Bertz CT molecular complexity index is 1850. The molecule has 0 aromatic heterocycles. The molecule has 11 heteroatoms. The van der Waals surface area contributed by atoms with Gasteiger partial charge in [-0.05, 0) is 0 Å². The number of halogens is 4. The number of carbonyl (C=O) groups is 2. The van der Waals surface area contributed by atoms with Crippen LogP contribution in [0.4, 0.5) is 17.6 Å². The molecule has 2 aliphatic carbocycles. The van der Waals surface area contributed by atoms with Crippen LogP contribution in [0.3, 0.4) is 0 Å². The molecule has 2 atom stereocenters. The molecular weight excluding hydrogens is 792 g/mol. The third kappa shape index (κ3) is 9.46. The second-order valence-corrected chi connectivity index (χ2v) is 24.0. The number of carbonyl (C=O) groups excluding carboxylic acids is 2. The number of benzene rings is 2. The summed E-state index contributed by atoms with van der Waals surface area (Å²) in [5.74, 6) is -3.85. The van der Waals surface area contributed by atoms with E-state index in [1.54, 1.807) is 34.1 Å². The van der Waals surface area contributed by atoms with E-state index in [4.69, 9.17) is 9.47 Å². The predicted molar refractivity (Wildman–Crippen MR) is 222 cm³/mol. The molecule has 0 N–H and O–H groups in total. The summed E-state index contributed by atoms with van der Waals surface area (Å²) in [6.07, 6.45) is 17.0. The van der Waals surface area contributed by atoms with Crippen LogP contribution < -0.4 is 7.74 Å². The molecule has 0 spiro atoms. The number of hydrogen-bond donors (Lipinski definition) is 0. The Hall–Kier alpha value is -3.31. The zero-order chi connectivity index (χ0) is 42.5. The summed E-state index contributed by atoms with van der Waals surface area (Å²) in [6, 6.07) is 5.12. The van der Waals surface area contributed by atoms with Gasteiger partial charge in [-0.15, -0.1) is 0 Å². The van der Waals surface area contributed by atoms with Crippen molar-refractivity contribution in [2.24, 2.45) is 10.8 Å². The third-order valence-corrected chi connectivity index (χ3v) is 20.6. The molecule has 2 amide bonds. The summed E-state index contributed by atoms with van der Waals surface area (Å²) in [5.41, 5.74) is -1.33. The van der Waals surface area contributed by atoms with Crippen molar-refractivity contribution >= 4 is 19.6 Å². The maximum atomic E-state index is 17.9. The topological polar surface area (TPSA) is 59.1 Å². The first-order valence-electron chi connectivity index (χ1n) is 21.6. The average Bonchev–Trinajstić information content (AvgIpc) is 4.04. The van der Waals surface area contributed by atoms with Crippen LogP contribution in [0.25, 0.3) is 0 Å². The summed E-state index contributed by atoms with van der Waals surface area (Å²) in [5, 5.41) is 0. The zero-order valence-electron chi connectivity index (χ0n) is 35.8. The first kappa shape index (κ1) is 45.2. The van der Waals surface area contributed by atoms with Crippen molar-refractivity contribution in [3.05, 3.63) is 103 Å². The van der Waals surface area contributed by atoms with Gasteiger partial charge in [0.1, 0.15) is 0 Å². The second-order valence-electron chi connectivity index (χ2n) is 18.1. The number of rotatable bonds is 18. The van der Waals surface area contributed by atoms with E-state index < -0.39 is 50.7 Å². The summed E-state index contributed by atoms with van der Waals surface area (Å²) in [4.78, 5) is 31.7. The van der Waals surface area contributed by atoms with E-state index in [1.165, 1.54) is 24.3 Å². The SMILES string of the molecule is CCCC(C)(C)C(=O)N(Cc1ccc(F)[c]([Ti]([C]2=CC=CC2)([C]2=CC=CC2)[c]2c(F)ccc(CN(CC3CCCO3)C(=O)C(C)(C)CCC)c2F)c1F)CC1CCCO1. The van der Waals surface area contributed by atoms with Crippen molar-refractivity contribution in [2.75, 3.05) is 26.3 Å². The summed E-state index contributed by atoms with van der Waals surface area (Å²) >= 11 is -5.23. The van der Waals surface area contributed by atoms with Crippen LogP contribution in [-0.2, 0) is 48.7 Å². The quantitative estimate of drug-likeness (QED) is 0.111. The van der Waals surface area contributed by atoms with Crippen molar-refractivity contribution < 1.29 is 53.2 Å². The van der Waals surface area contributed by atoms with E-state index in [9.17, 15) is 9.59 Å². The maximum absolute atomic E-state index is 17.9. The van der Waals surface area contributed by atoms with Crippen LogP contribution in [0.15, 0.2) is 68.5 Å². The second kappa shape index (κ2) is 19.2. The van der Waals surface area contributed by atoms with E-state index in [1.807, 2.05) is 53.7 Å². The number of nitrogens with zero attached hydrogens (tertiary/aromatic N) is 2. The Balaban J connectivity index is 1.53. The molecule has 2 heterocycles. The van der Waals surface area contributed by atoms with Crippen LogP contribution in [0.2, 0.25) is 0 Å². The van der Waals surface area contributed by atoms with Crippen LogP contribution in [0.1, 0.15) is 117 Å². The van der Waals surface area contributed by atoms with Gasteiger partial charge < -0.3 is 0 Å². The Morgan fingerprint density at radius 3 is 1.41 bits per heavy atom. The molecule has 2 unspecified atom stereocenters. The summed E-state index contributed by atoms with van der Waals surface area (Å²) in [7, 11) is 0. The van der Waals surface area contributed by atoms with Gasteiger partial charge in [-0.2, -0.15) is 0 Å². The number of hydrogen-bond acceptors (Lipinski definition) is 4. The fourth-order valence-corrected chi connectivity index (χ4v) is 18.1. The molecule has 0 bridgehead atoms. The molecule has 2 aromatic carbocycles. The van der Waals surface area contributed by atoms with Gasteiger partial charge in [0, 0.05) is 0 Å². The van der Waals surface area contributed by atoms with Gasteiger partial charge in [0.2, 0.25) is 0 Å². The van der Waals surface area contributed by atoms with E-state index >= 15 is 17.6 Å². The van der Waals surface area contributed by atoms with Gasteiger partial charge >= 0.3 is 354 Å². The van der Waals surface area contributed by atoms with Crippen LogP contribution in [-0.4, -0.2) is 60.1 Å². The normalized spacial score (nSPS) is 19.4. The van der Waals surface area contributed by atoms with E-state index in [-0.39, 0.29) is 81.9 Å². The van der Waals surface area contributed by atoms with Crippen LogP contribution >= 0.6 is 0 Å². The molecule has 59 heavy (non-hydrogen) atoms. The molecule has 6 rings (SSSR count). The third-order valence-electron chi connectivity index (χ3n) is 12.7. The minimum absolute atomic E-state index is 0.0802. The van der Waals surface area contributed by atoms with E-state index in [2.05, 4.69) is 0 Å². The first-order valence-corrected chi connectivity index (χ1v) is 24.8. The van der Waals surface area contributed by atoms with Gasteiger partial charge in [0.15, 0.2) is 0 Å². The van der Waals surface area contributed by atoms with E-state index in [0.29, 0.717) is 33.8 Å². The van der Waals surface area contributed by atoms with Crippen molar-refractivity contribution in [1.82, 2.24) is 9.80 Å². The fraction of sp³-hybridized carbons (Fsp3) is 0.542. The Morgan fingerprint density at radius 2 is 1.08 bits per heavy atom. The fourth-order valence-electron chi connectivity index (χ4n) is 9.79. The molecule has 2 saturated heterocycles. The number of amides is 2. The van der Waals surface area contributed by atoms with E-state index in [0.717, 1.165) is 38.5 Å². The van der Waals surface area contributed by atoms with Crippen molar-refractivity contribution in [2.45, 2.75) is 131 Å². The van der Waals surface area contributed by atoms with Crippen LogP contribution in [0.5, 0.6) is 0 Å². The molecule has 0 radical (unpaired) electrons. The standard InChI is InChI=1S/2C19H26F2NO2.2C5H5.Ti/c2*1-4-9-19(2,3)18(23)22(13-16-6-5-10-24-16)12-14-7-8-15(20)11-17(14)21;2*1-2-4-5-3-1;/h2*7-8,16H,4-6,9-10,12-13H2,1-3H3;2*1-3H,4H2;. The molecular formula is C48H62F4N2O4Ti. The molecule has 2 fully saturated rings. The van der Waals surface area contributed by atoms with Crippen LogP contribution in [0, 0.1) is 34.1 Å².